The highest BCUT2D eigenvalue weighted by atomic mass is 15.2. The zero-order chi connectivity index (χ0) is 11.2. The largest absolute Gasteiger partial charge is 0.353 e. The topological polar surface area (TPSA) is 39.7 Å². The van der Waals surface area contributed by atoms with Crippen molar-refractivity contribution in [3.8, 4) is 0 Å². The lowest BCUT2D eigenvalue weighted by Gasteiger charge is -2.35. The van der Waals surface area contributed by atoms with E-state index in [1.165, 1.54) is 18.5 Å². The summed E-state index contributed by atoms with van der Waals surface area (Å²) in [6.45, 7) is 5.15. The van der Waals surface area contributed by atoms with Gasteiger partial charge in [0, 0.05) is 17.9 Å². The molecule has 0 aromatic heterocycles. The van der Waals surface area contributed by atoms with E-state index >= 15 is 0 Å². The second kappa shape index (κ2) is 5.70. The Morgan fingerprint density at radius 2 is 2.19 bits per heavy atom. The number of hydrogen-bond acceptors (Lipinski definition) is 4. The highest BCUT2D eigenvalue weighted by molar-refractivity contribution is 5.55. The summed E-state index contributed by atoms with van der Waals surface area (Å²) in [6, 6.07) is 0.626. The van der Waals surface area contributed by atoms with Gasteiger partial charge in [0.15, 0.2) is 0 Å². The Kier molecular flexibility index (Phi) is 3.99. The molecule has 0 unspecified atom stereocenters. The van der Waals surface area contributed by atoms with Crippen LogP contribution in [0.3, 0.4) is 0 Å². The van der Waals surface area contributed by atoms with E-state index in [1.807, 2.05) is 12.3 Å². The lowest BCUT2D eigenvalue weighted by atomic mass is 10.0. The fourth-order valence-electron chi connectivity index (χ4n) is 2.20. The first-order valence-electron chi connectivity index (χ1n) is 5.93. The first-order valence-corrected chi connectivity index (χ1v) is 5.93. The first-order chi connectivity index (χ1) is 7.88. The molecule has 0 spiro atoms. The number of allylic oxidation sites excluding steroid dienone is 3. The van der Waals surface area contributed by atoms with Crippen molar-refractivity contribution < 1.29 is 0 Å². The highest BCUT2D eigenvalue weighted by Crippen LogP contribution is 2.17. The van der Waals surface area contributed by atoms with Gasteiger partial charge in [-0.25, -0.2) is 0 Å². The maximum absolute atomic E-state index is 4.38. The summed E-state index contributed by atoms with van der Waals surface area (Å²) >= 11 is 0. The van der Waals surface area contributed by atoms with Gasteiger partial charge < -0.3 is 15.5 Å². The quantitative estimate of drug-likeness (QED) is 0.694. The fraction of sp³-hybridized carbons (Fsp3) is 0.583. The minimum atomic E-state index is 0.626. The minimum Gasteiger partial charge on any atom is -0.353 e. The van der Waals surface area contributed by atoms with E-state index in [0.29, 0.717) is 6.04 Å². The van der Waals surface area contributed by atoms with Crippen LogP contribution in [0.2, 0.25) is 0 Å². The van der Waals surface area contributed by atoms with Crippen LogP contribution in [0.15, 0.2) is 29.0 Å². The molecule has 88 valence electrons. The number of aliphatic imine (C=N–C) groups is 1. The van der Waals surface area contributed by atoms with Crippen LogP contribution in [-0.4, -0.2) is 37.0 Å². The summed E-state index contributed by atoms with van der Waals surface area (Å²) in [6.07, 6.45) is 10.2. The average molecular weight is 220 g/mol. The zero-order valence-corrected chi connectivity index (χ0v) is 9.82. The highest BCUT2D eigenvalue weighted by Gasteiger charge is 2.20. The van der Waals surface area contributed by atoms with Crippen molar-refractivity contribution >= 4 is 6.34 Å². The van der Waals surface area contributed by atoms with E-state index in [-0.39, 0.29) is 0 Å². The Balaban J connectivity index is 2.08. The SMILES string of the molecule is C/C1=C\C=C/N/C=N/CN1C1CCNCC1. The van der Waals surface area contributed by atoms with Gasteiger partial charge in [-0.05, 0) is 45.0 Å². The number of nitrogens with one attached hydrogen (secondary N) is 2. The molecule has 2 heterocycles. The molecule has 0 saturated carbocycles. The van der Waals surface area contributed by atoms with Gasteiger partial charge in [-0.2, -0.15) is 0 Å². The lowest BCUT2D eigenvalue weighted by molar-refractivity contribution is 0.213. The van der Waals surface area contributed by atoms with Crippen molar-refractivity contribution in [2.24, 2.45) is 4.99 Å². The van der Waals surface area contributed by atoms with Crippen LogP contribution in [-0.2, 0) is 0 Å². The van der Waals surface area contributed by atoms with Crippen molar-refractivity contribution in [2.75, 3.05) is 19.8 Å². The molecule has 2 aliphatic rings. The van der Waals surface area contributed by atoms with Crippen molar-refractivity contribution in [2.45, 2.75) is 25.8 Å². The predicted molar refractivity (Wildman–Crippen MR) is 67.1 cm³/mol. The molecular formula is C12H20N4. The van der Waals surface area contributed by atoms with Crippen LogP contribution >= 0.6 is 0 Å². The first kappa shape index (κ1) is 11.2. The predicted octanol–water partition coefficient (Wildman–Crippen LogP) is 1.05. The lowest BCUT2D eigenvalue weighted by Crippen LogP contribution is -2.42. The molecule has 2 N–H and O–H groups in total. The Labute approximate surface area is 97.1 Å². The van der Waals surface area contributed by atoms with Gasteiger partial charge in [0.1, 0.15) is 6.67 Å². The van der Waals surface area contributed by atoms with Gasteiger partial charge in [-0.1, -0.05) is 0 Å². The summed E-state index contributed by atoms with van der Waals surface area (Å²) in [7, 11) is 0. The molecular weight excluding hydrogens is 200 g/mol. The summed E-state index contributed by atoms with van der Waals surface area (Å²) in [5.41, 5.74) is 1.30. The molecule has 1 saturated heterocycles. The molecule has 0 radical (unpaired) electrons. The molecule has 0 bridgehead atoms. The molecule has 16 heavy (non-hydrogen) atoms. The van der Waals surface area contributed by atoms with Crippen LogP contribution in [0.25, 0.3) is 0 Å². The second-order valence-corrected chi connectivity index (χ2v) is 4.24. The standard InChI is InChI=1S/C12H20N4/c1-11-3-2-6-14-9-15-10-16(11)12-4-7-13-8-5-12/h2-3,6,9,12-13H,4-5,7-8,10H2,1H3,(H,14,15)/b6-2-,11-3+. The molecule has 2 aliphatic heterocycles. The Bertz CT molecular complexity index is 300. The molecule has 0 amide bonds. The molecule has 0 aromatic rings. The Hall–Kier alpha value is -1.29. The molecule has 0 atom stereocenters. The van der Waals surface area contributed by atoms with Gasteiger partial charge in [0.2, 0.25) is 0 Å². The van der Waals surface area contributed by atoms with E-state index < -0.39 is 0 Å². The third kappa shape index (κ3) is 2.85. The van der Waals surface area contributed by atoms with Gasteiger partial charge in [-0.15, -0.1) is 0 Å². The maximum atomic E-state index is 4.38. The van der Waals surface area contributed by atoms with Crippen molar-refractivity contribution in [1.82, 2.24) is 15.5 Å². The summed E-state index contributed by atoms with van der Waals surface area (Å²) in [4.78, 5) is 6.77. The fourth-order valence-corrected chi connectivity index (χ4v) is 2.20. The van der Waals surface area contributed by atoms with Crippen LogP contribution in [0.1, 0.15) is 19.8 Å². The minimum absolute atomic E-state index is 0.626. The maximum Gasteiger partial charge on any atom is 0.111 e. The molecule has 4 heteroatoms. The van der Waals surface area contributed by atoms with E-state index in [9.17, 15) is 0 Å². The number of piperidine rings is 1. The average Bonchev–Trinajstić information content (AvgIpc) is 2.43. The summed E-state index contributed by atoms with van der Waals surface area (Å²) in [5.74, 6) is 0. The third-order valence-electron chi connectivity index (χ3n) is 3.13. The smallest absolute Gasteiger partial charge is 0.111 e. The van der Waals surface area contributed by atoms with Gasteiger partial charge in [-0.3, -0.25) is 4.99 Å². The molecule has 0 aliphatic carbocycles. The monoisotopic (exact) mass is 220 g/mol. The molecule has 4 nitrogen and oxygen atoms in total. The zero-order valence-electron chi connectivity index (χ0n) is 9.82. The van der Waals surface area contributed by atoms with Crippen molar-refractivity contribution in [3.05, 3.63) is 24.0 Å². The Morgan fingerprint density at radius 1 is 1.38 bits per heavy atom. The Morgan fingerprint density at radius 3 is 3.00 bits per heavy atom. The van der Waals surface area contributed by atoms with Crippen molar-refractivity contribution in [1.29, 1.82) is 0 Å². The van der Waals surface area contributed by atoms with Crippen LogP contribution in [0.4, 0.5) is 0 Å². The van der Waals surface area contributed by atoms with Crippen molar-refractivity contribution in [3.63, 3.8) is 0 Å². The number of rotatable bonds is 1. The van der Waals surface area contributed by atoms with Crippen LogP contribution in [0, 0.1) is 0 Å². The number of nitrogens with zero attached hydrogens (tertiary/aromatic N) is 2. The number of hydrogen-bond donors (Lipinski definition) is 2. The van der Waals surface area contributed by atoms with Crippen LogP contribution < -0.4 is 10.6 Å². The van der Waals surface area contributed by atoms with Gasteiger partial charge in [0.25, 0.3) is 0 Å². The van der Waals surface area contributed by atoms with Gasteiger partial charge >= 0.3 is 0 Å². The molecule has 0 aromatic carbocycles. The van der Waals surface area contributed by atoms with E-state index in [0.717, 1.165) is 19.8 Å². The van der Waals surface area contributed by atoms with E-state index in [2.05, 4.69) is 33.5 Å². The van der Waals surface area contributed by atoms with E-state index in [4.69, 9.17) is 0 Å². The van der Waals surface area contributed by atoms with Crippen LogP contribution in [0.5, 0.6) is 0 Å². The third-order valence-corrected chi connectivity index (χ3v) is 3.13. The van der Waals surface area contributed by atoms with E-state index in [1.54, 1.807) is 6.34 Å². The molecule has 2 rings (SSSR count). The molecule has 1 fully saturated rings. The summed E-state index contributed by atoms with van der Waals surface area (Å²) in [5, 5.41) is 6.41. The summed E-state index contributed by atoms with van der Waals surface area (Å²) < 4.78 is 0. The second-order valence-electron chi connectivity index (χ2n) is 4.24. The van der Waals surface area contributed by atoms with Gasteiger partial charge in [0.05, 0.1) is 6.34 Å². The normalized spacial score (nSPS) is 30.3.